The van der Waals surface area contributed by atoms with Gasteiger partial charge in [0.2, 0.25) is 0 Å². The number of ketones is 1. The molecular weight excluding hydrogens is 204 g/mol. The van der Waals surface area contributed by atoms with Gasteiger partial charge in [-0.3, -0.25) is 9.69 Å². The third kappa shape index (κ3) is 1.75. The molecule has 0 aromatic heterocycles. The summed E-state index contributed by atoms with van der Waals surface area (Å²) in [5, 5.41) is 3.85. The van der Waals surface area contributed by atoms with Crippen molar-refractivity contribution in [1.82, 2.24) is 4.90 Å². The predicted octanol–water partition coefficient (Wildman–Crippen LogP) is 1.45. The van der Waals surface area contributed by atoms with Crippen molar-refractivity contribution in [3.05, 3.63) is 0 Å². The lowest BCUT2D eigenvalue weighted by Crippen LogP contribution is -2.49. The van der Waals surface area contributed by atoms with E-state index in [1.54, 1.807) is 6.21 Å². The van der Waals surface area contributed by atoms with Crippen molar-refractivity contribution in [2.24, 2.45) is 11.1 Å². The first-order valence-electron chi connectivity index (χ1n) is 5.94. The Morgan fingerprint density at radius 2 is 2.25 bits per heavy atom. The Morgan fingerprint density at radius 3 is 2.81 bits per heavy atom. The van der Waals surface area contributed by atoms with Crippen LogP contribution in [0.15, 0.2) is 5.16 Å². The highest BCUT2D eigenvalue weighted by molar-refractivity contribution is 5.88. The van der Waals surface area contributed by atoms with E-state index in [0.717, 1.165) is 6.54 Å². The van der Waals surface area contributed by atoms with Crippen LogP contribution in [0, 0.1) is 5.92 Å². The molecule has 2 heterocycles. The van der Waals surface area contributed by atoms with Crippen molar-refractivity contribution in [2.75, 3.05) is 6.54 Å². The summed E-state index contributed by atoms with van der Waals surface area (Å²) in [6.45, 7) is 9.14. The van der Waals surface area contributed by atoms with E-state index in [-0.39, 0.29) is 23.6 Å². The Kier molecular flexibility index (Phi) is 2.78. The number of fused-ring (bicyclic) bond motifs is 1. The minimum atomic E-state index is -0.0544. The third-order valence-electron chi connectivity index (χ3n) is 3.48. The first-order chi connectivity index (χ1) is 7.45. The maximum absolute atomic E-state index is 12.1. The molecule has 0 spiro atoms. The zero-order valence-electron chi connectivity index (χ0n) is 10.4. The minimum absolute atomic E-state index is 0.00294. The number of nitrogens with zero attached hydrogens (tertiary/aromatic N) is 2. The van der Waals surface area contributed by atoms with Crippen molar-refractivity contribution < 1.29 is 9.63 Å². The zero-order valence-corrected chi connectivity index (χ0v) is 10.4. The number of oxime groups is 1. The van der Waals surface area contributed by atoms with Gasteiger partial charge in [-0.2, -0.15) is 0 Å². The molecule has 1 fully saturated rings. The standard InChI is InChI=1S/C12H20N2O2/c1-5-9(15)11-8-6-13-16-10(8)7-14(11)12(2,3)4/h6,8,10-11H,5,7H2,1-4H3. The summed E-state index contributed by atoms with van der Waals surface area (Å²) in [4.78, 5) is 19.6. The van der Waals surface area contributed by atoms with E-state index in [2.05, 4.69) is 30.8 Å². The maximum atomic E-state index is 12.1. The van der Waals surface area contributed by atoms with Gasteiger partial charge in [0.15, 0.2) is 5.78 Å². The predicted molar refractivity (Wildman–Crippen MR) is 62.4 cm³/mol. The van der Waals surface area contributed by atoms with Crippen molar-refractivity contribution in [3.8, 4) is 0 Å². The van der Waals surface area contributed by atoms with Gasteiger partial charge in [0.05, 0.1) is 18.2 Å². The fourth-order valence-electron chi connectivity index (χ4n) is 2.59. The molecule has 0 amide bonds. The highest BCUT2D eigenvalue weighted by atomic mass is 16.6. The van der Waals surface area contributed by atoms with Gasteiger partial charge in [-0.1, -0.05) is 12.1 Å². The second kappa shape index (κ2) is 3.84. The lowest BCUT2D eigenvalue weighted by Gasteiger charge is -2.36. The van der Waals surface area contributed by atoms with Crippen molar-refractivity contribution in [2.45, 2.75) is 51.8 Å². The molecule has 3 unspecified atom stereocenters. The van der Waals surface area contributed by atoms with E-state index >= 15 is 0 Å². The first-order valence-corrected chi connectivity index (χ1v) is 5.94. The summed E-state index contributed by atoms with van der Waals surface area (Å²) in [7, 11) is 0. The molecule has 0 aromatic rings. The highest BCUT2D eigenvalue weighted by Crippen LogP contribution is 2.35. The second-order valence-electron chi connectivity index (χ2n) is 5.56. The number of hydrogen-bond donors (Lipinski definition) is 0. The quantitative estimate of drug-likeness (QED) is 0.713. The van der Waals surface area contributed by atoms with Crippen LogP contribution in [0.25, 0.3) is 0 Å². The minimum Gasteiger partial charge on any atom is -0.391 e. The summed E-state index contributed by atoms with van der Waals surface area (Å²) >= 11 is 0. The van der Waals surface area contributed by atoms with Crippen molar-refractivity contribution in [1.29, 1.82) is 0 Å². The molecule has 2 rings (SSSR count). The largest absolute Gasteiger partial charge is 0.391 e. The Morgan fingerprint density at radius 1 is 1.56 bits per heavy atom. The van der Waals surface area contributed by atoms with Crippen molar-refractivity contribution in [3.63, 3.8) is 0 Å². The third-order valence-corrected chi connectivity index (χ3v) is 3.48. The SMILES string of the molecule is CCC(=O)C1C2C=NOC2CN1C(C)(C)C. The molecule has 2 aliphatic rings. The Bertz CT molecular complexity index is 319. The lowest BCUT2D eigenvalue weighted by molar-refractivity contribution is -0.125. The van der Waals surface area contributed by atoms with Gasteiger partial charge in [0.25, 0.3) is 0 Å². The molecule has 4 heteroatoms. The molecule has 2 aliphatic heterocycles. The Labute approximate surface area is 96.6 Å². The number of rotatable bonds is 2. The van der Waals surface area contributed by atoms with Gasteiger partial charge in [-0.05, 0) is 20.8 Å². The first kappa shape index (κ1) is 11.6. The van der Waals surface area contributed by atoms with Gasteiger partial charge < -0.3 is 4.84 Å². The topological polar surface area (TPSA) is 41.9 Å². The molecule has 3 atom stereocenters. The molecule has 0 bridgehead atoms. The van der Waals surface area contributed by atoms with E-state index < -0.39 is 0 Å². The average molecular weight is 224 g/mol. The molecule has 1 saturated heterocycles. The summed E-state index contributed by atoms with van der Waals surface area (Å²) < 4.78 is 0. The van der Waals surface area contributed by atoms with Gasteiger partial charge in [-0.15, -0.1) is 0 Å². The van der Waals surface area contributed by atoms with Crippen LogP contribution in [0.4, 0.5) is 0 Å². The Hall–Kier alpha value is -0.900. The van der Waals surface area contributed by atoms with E-state index in [1.165, 1.54) is 0 Å². The number of hydrogen-bond acceptors (Lipinski definition) is 4. The molecule has 0 saturated carbocycles. The molecule has 90 valence electrons. The number of likely N-dealkylation sites (tertiary alicyclic amines) is 1. The monoisotopic (exact) mass is 224 g/mol. The van der Waals surface area contributed by atoms with E-state index in [4.69, 9.17) is 4.84 Å². The fourth-order valence-corrected chi connectivity index (χ4v) is 2.59. The van der Waals surface area contributed by atoms with Gasteiger partial charge in [0, 0.05) is 18.5 Å². The summed E-state index contributed by atoms with van der Waals surface area (Å²) in [6, 6.07) is -0.0544. The van der Waals surface area contributed by atoms with Crippen LogP contribution >= 0.6 is 0 Å². The normalized spacial score (nSPS) is 33.9. The summed E-state index contributed by atoms with van der Waals surface area (Å²) in [5.41, 5.74) is -0.00294. The maximum Gasteiger partial charge on any atom is 0.150 e. The number of carbonyl (C=O) groups excluding carboxylic acids is 1. The van der Waals surface area contributed by atoms with E-state index in [9.17, 15) is 4.79 Å². The van der Waals surface area contributed by atoms with Gasteiger partial charge >= 0.3 is 0 Å². The molecule has 16 heavy (non-hydrogen) atoms. The van der Waals surface area contributed by atoms with Crippen LogP contribution in [-0.2, 0) is 9.63 Å². The van der Waals surface area contributed by atoms with Crippen LogP contribution in [-0.4, -0.2) is 41.1 Å². The van der Waals surface area contributed by atoms with Crippen LogP contribution < -0.4 is 0 Å². The van der Waals surface area contributed by atoms with Gasteiger partial charge in [-0.25, -0.2) is 0 Å². The van der Waals surface area contributed by atoms with E-state index in [1.807, 2.05) is 6.92 Å². The zero-order chi connectivity index (χ0) is 11.9. The van der Waals surface area contributed by atoms with Crippen LogP contribution in [0.5, 0.6) is 0 Å². The molecule has 0 aliphatic carbocycles. The van der Waals surface area contributed by atoms with Crippen LogP contribution in [0.2, 0.25) is 0 Å². The second-order valence-corrected chi connectivity index (χ2v) is 5.56. The van der Waals surface area contributed by atoms with Crippen molar-refractivity contribution >= 4 is 12.0 Å². The highest BCUT2D eigenvalue weighted by Gasteiger charge is 2.50. The number of Topliss-reactive ketones (excluding diaryl/α,β-unsaturated/α-hetero) is 1. The van der Waals surface area contributed by atoms with Crippen LogP contribution in [0.3, 0.4) is 0 Å². The molecule has 0 N–H and O–H groups in total. The van der Waals surface area contributed by atoms with Gasteiger partial charge in [0.1, 0.15) is 6.10 Å². The molecule has 0 radical (unpaired) electrons. The Balaban J connectivity index is 2.26. The fraction of sp³-hybridized carbons (Fsp3) is 0.833. The molecule has 4 nitrogen and oxygen atoms in total. The average Bonchev–Trinajstić information content (AvgIpc) is 2.73. The van der Waals surface area contributed by atoms with Crippen LogP contribution in [0.1, 0.15) is 34.1 Å². The number of carbonyl (C=O) groups is 1. The summed E-state index contributed by atoms with van der Waals surface area (Å²) in [5.74, 6) is 0.436. The van der Waals surface area contributed by atoms with E-state index in [0.29, 0.717) is 12.2 Å². The lowest BCUT2D eigenvalue weighted by atomic mass is 9.93. The summed E-state index contributed by atoms with van der Waals surface area (Å²) in [6.07, 6.45) is 2.45. The molecule has 0 aromatic carbocycles. The smallest absolute Gasteiger partial charge is 0.150 e. The molecular formula is C12H20N2O2.